The summed E-state index contributed by atoms with van der Waals surface area (Å²) in [5.41, 5.74) is 0.307. The Morgan fingerprint density at radius 1 is 1.12 bits per heavy atom. The molecule has 134 valence electrons. The molecule has 4 nitrogen and oxygen atoms in total. The molecule has 0 fully saturated rings. The third-order valence-electron chi connectivity index (χ3n) is 3.84. The van der Waals surface area contributed by atoms with Crippen LogP contribution in [0.5, 0.6) is 0 Å². The fourth-order valence-corrected chi connectivity index (χ4v) is 4.76. The zero-order valence-electron chi connectivity index (χ0n) is 14.1. The highest BCUT2D eigenvalue weighted by molar-refractivity contribution is 7.89. The number of hydrogen-bond acceptors (Lipinski definition) is 4. The summed E-state index contributed by atoms with van der Waals surface area (Å²) < 4.78 is 26.6. The number of ketones is 1. The number of benzene rings is 2. The van der Waals surface area contributed by atoms with Gasteiger partial charge < -0.3 is 0 Å². The summed E-state index contributed by atoms with van der Waals surface area (Å²) >= 11 is 7.87. The van der Waals surface area contributed by atoms with Crippen molar-refractivity contribution in [1.82, 2.24) is 4.31 Å². The van der Waals surface area contributed by atoms with E-state index < -0.39 is 10.0 Å². The molecule has 0 atom stereocenters. The molecule has 2 aromatic carbocycles. The molecule has 0 saturated carbocycles. The van der Waals surface area contributed by atoms with Crippen molar-refractivity contribution >= 4 is 54.9 Å². The zero-order valence-corrected chi connectivity index (χ0v) is 16.5. The second kappa shape index (κ2) is 7.32. The van der Waals surface area contributed by atoms with Gasteiger partial charge in [0.15, 0.2) is 5.78 Å². The van der Waals surface area contributed by atoms with Gasteiger partial charge in [0.05, 0.1) is 9.92 Å². The molecular weight excluding hydrogens is 390 g/mol. The highest BCUT2D eigenvalue weighted by Gasteiger charge is 2.18. The molecule has 0 amide bonds. The Morgan fingerprint density at radius 2 is 1.85 bits per heavy atom. The Balaban J connectivity index is 1.90. The Morgan fingerprint density at radius 3 is 2.54 bits per heavy atom. The number of fused-ring (bicyclic) bond motifs is 1. The Bertz CT molecular complexity index is 1110. The van der Waals surface area contributed by atoms with E-state index in [0.29, 0.717) is 10.6 Å². The van der Waals surface area contributed by atoms with E-state index in [-0.39, 0.29) is 10.7 Å². The molecule has 7 heteroatoms. The molecule has 0 unspecified atom stereocenters. The lowest BCUT2D eigenvalue weighted by molar-refractivity contribution is 0.104. The Labute approximate surface area is 161 Å². The van der Waals surface area contributed by atoms with E-state index >= 15 is 0 Å². The fraction of sp³-hybridized carbons (Fsp3) is 0.105. The van der Waals surface area contributed by atoms with E-state index in [0.717, 1.165) is 19.3 Å². The molecule has 0 radical (unpaired) electrons. The maximum atomic E-state index is 12.5. The third-order valence-corrected chi connectivity index (χ3v) is 7.31. The molecule has 1 aromatic heterocycles. The average molecular weight is 406 g/mol. The standard InChI is InChI=1S/C19H16ClNO3S2/c1-21(2)26(23,24)14-7-5-6-13(12-14)16(22)10-11-18-19(20)15-8-3-4-9-17(15)25-18/h3-12H,1-2H3/b11-10+. The van der Waals surface area contributed by atoms with Crippen LogP contribution in [0.15, 0.2) is 59.5 Å². The lowest BCUT2D eigenvalue weighted by Crippen LogP contribution is -2.22. The van der Waals surface area contributed by atoms with Gasteiger partial charge in [0.2, 0.25) is 10.0 Å². The monoisotopic (exact) mass is 405 g/mol. The van der Waals surface area contributed by atoms with Gasteiger partial charge in [-0.15, -0.1) is 11.3 Å². The summed E-state index contributed by atoms with van der Waals surface area (Å²) in [5, 5.41) is 1.56. The number of carbonyl (C=O) groups excluding carboxylic acids is 1. The first kappa shape index (κ1) is 18.8. The maximum absolute atomic E-state index is 12.5. The first-order valence-corrected chi connectivity index (χ1v) is 10.4. The predicted molar refractivity (Wildman–Crippen MR) is 108 cm³/mol. The van der Waals surface area contributed by atoms with Gasteiger partial charge in [-0.05, 0) is 30.4 Å². The molecule has 0 saturated heterocycles. The number of thiophene rings is 1. The van der Waals surface area contributed by atoms with Crippen molar-refractivity contribution < 1.29 is 13.2 Å². The Hall–Kier alpha value is -1.99. The van der Waals surface area contributed by atoms with Crippen molar-refractivity contribution in [3.63, 3.8) is 0 Å². The topological polar surface area (TPSA) is 54.5 Å². The smallest absolute Gasteiger partial charge is 0.242 e. The first-order valence-electron chi connectivity index (χ1n) is 7.73. The molecule has 3 rings (SSSR count). The fourth-order valence-electron chi connectivity index (χ4n) is 2.41. The van der Waals surface area contributed by atoms with E-state index in [9.17, 15) is 13.2 Å². The van der Waals surface area contributed by atoms with Crippen LogP contribution in [0, 0.1) is 0 Å². The van der Waals surface area contributed by atoms with Crippen LogP contribution < -0.4 is 0 Å². The van der Waals surface area contributed by atoms with Crippen molar-refractivity contribution in [2.24, 2.45) is 0 Å². The highest BCUT2D eigenvalue weighted by atomic mass is 35.5. The van der Waals surface area contributed by atoms with Crippen LogP contribution in [0.25, 0.3) is 16.2 Å². The summed E-state index contributed by atoms with van der Waals surface area (Å²) in [4.78, 5) is 13.3. The van der Waals surface area contributed by atoms with Gasteiger partial charge in [0.1, 0.15) is 0 Å². The van der Waals surface area contributed by atoms with Gasteiger partial charge in [-0.25, -0.2) is 12.7 Å². The zero-order chi connectivity index (χ0) is 18.9. The molecule has 0 aliphatic carbocycles. The Kier molecular flexibility index (Phi) is 5.29. The van der Waals surface area contributed by atoms with E-state index in [2.05, 4.69) is 0 Å². The van der Waals surface area contributed by atoms with Crippen molar-refractivity contribution in [3.8, 4) is 0 Å². The number of hydrogen-bond donors (Lipinski definition) is 0. The van der Waals surface area contributed by atoms with Crippen LogP contribution in [0.3, 0.4) is 0 Å². The summed E-state index contributed by atoms with van der Waals surface area (Å²) in [6.07, 6.45) is 3.08. The van der Waals surface area contributed by atoms with Crippen LogP contribution in [0.1, 0.15) is 15.2 Å². The molecule has 3 aromatic rings. The number of carbonyl (C=O) groups is 1. The second-order valence-electron chi connectivity index (χ2n) is 5.79. The lowest BCUT2D eigenvalue weighted by Gasteiger charge is -2.11. The highest BCUT2D eigenvalue weighted by Crippen LogP contribution is 2.36. The van der Waals surface area contributed by atoms with Gasteiger partial charge in [-0.3, -0.25) is 4.79 Å². The number of nitrogens with zero attached hydrogens (tertiary/aromatic N) is 1. The number of rotatable bonds is 5. The summed E-state index contributed by atoms with van der Waals surface area (Å²) in [5.74, 6) is -0.283. The molecule has 0 aliphatic heterocycles. The molecular formula is C19H16ClNO3S2. The third kappa shape index (κ3) is 3.59. The van der Waals surface area contributed by atoms with Crippen molar-refractivity contribution in [2.45, 2.75) is 4.90 Å². The van der Waals surface area contributed by atoms with Crippen LogP contribution >= 0.6 is 22.9 Å². The summed E-state index contributed by atoms with van der Waals surface area (Å²) in [7, 11) is -0.683. The van der Waals surface area contributed by atoms with Gasteiger partial charge in [0.25, 0.3) is 0 Å². The predicted octanol–water partition coefficient (Wildman–Crippen LogP) is 4.70. The minimum Gasteiger partial charge on any atom is -0.289 e. The summed E-state index contributed by atoms with van der Waals surface area (Å²) in [6, 6.07) is 13.8. The van der Waals surface area contributed by atoms with Gasteiger partial charge in [-0.2, -0.15) is 0 Å². The van der Waals surface area contributed by atoms with Crippen LogP contribution in [-0.2, 0) is 10.0 Å². The number of allylic oxidation sites excluding steroid dienone is 1. The van der Waals surface area contributed by atoms with Crippen LogP contribution in [0.2, 0.25) is 5.02 Å². The molecule has 0 bridgehead atoms. The van der Waals surface area contributed by atoms with E-state index in [4.69, 9.17) is 11.6 Å². The normalized spacial score (nSPS) is 12.3. The molecule has 0 aliphatic rings. The number of halogens is 1. The maximum Gasteiger partial charge on any atom is 0.242 e. The number of sulfonamides is 1. The van der Waals surface area contributed by atoms with E-state index in [1.807, 2.05) is 24.3 Å². The second-order valence-corrected chi connectivity index (χ2v) is 9.40. The summed E-state index contributed by atoms with van der Waals surface area (Å²) in [6.45, 7) is 0. The quantitative estimate of drug-likeness (QED) is 0.456. The van der Waals surface area contributed by atoms with Gasteiger partial charge in [0, 0.05) is 34.6 Å². The molecule has 26 heavy (non-hydrogen) atoms. The average Bonchev–Trinajstić information content (AvgIpc) is 2.96. The SMILES string of the molecule is CN(C)S(=O)(=O)c1cccc(C(=O)/C=C/c2sc3ccccc3c2Cl)c1. The van der Waals surface area contributed by atoms with Gasteiger partial charge in [-0.1, -0.05) is 41.9 Å². The minimum absolute atomic E-state index is 0.0849. The van der Waals surface area contributed by atoms with Crippen molar-refractivity contribution in [3.05, 3.63) is 70.1 Å². The van der Waals surface area contributed by atoms with Crippen molar-refractivity contribution in [2.75, 3.05) is 14.1 Å². The minimum atomic E-state index is -3.59. The van der Waals surface area contributed by atoms with Crippen LogP contribution in [0.4, 0.5) is 0 Å². The van der Waals surface area contributed by atoms with E-state index in [1.54, 1.807) is 18.2 Å². The van der Waals surface area contributed by atoms with E-state index in [1.165, 1.54) is 43.6 Å². The van der Waals surface area contributed by atoms with Crippen molar-refractivity contribution in [1.29, 1.82) is 0 Å². The largest absolute Gasteiger partial charge is 0.289 e. The first-order chi connectivity index (χ1) is 12.3. The van der Waals surface area contributed by atoms with Gasteiger partial charge >= 0.3 is 0 Å². The van der Waals surface area contributed by atoms with Crippen LogP contribution in [-0.4, -0.2) is 32.6 Å². The molecule has 1 heterocycles. The molecule has 0 N–H and O–H groups in total. The molecule has 0 spiro atoms. The lowest BCUT2D eigenvalue weighted by atomic mass is 10.1.